The van der Waals surface area contributed by atoms with Crippen LogP contribution in [0, 0.1) is 5.41 Å². The van der Waals surface area contributed by atoms with E-state index in [-0.39, 0.29) is 17.9 Å². The van der Waals surface area contributed by atoms with Gasteiger partial charge in [0.2, 0.25) is 5.91 Å². The van der Waals surface area contributed by atoms with Gasteiger partial charge in [-0.15, -0.1) is 0 Å². The second-order valence-corrected chi connectivity index (χ2v) is 5.33. The minimum Gasteiger partial charge on any atom is -0.396 e. The number of aliphatic hydroxyl groups excluding tert-OH is 1. The van der Waals surface area contributed by atoms with Gasteiger partial charge in [-0.3, -0.25) is 4.79 Å². The Morgan fingerprint density at radius 1 is 1.25 bits per heavy atom. The minimum absolute atomic E-state index is 0.0175. The van der Waals surface area contributed by atoms with Crippen molar-refractivity contribution in [2.45, 2.75) is 26.7 Å². The molecule has 20 heavy (non-hydrogen) atoms. The third-order valence-corrected chi connectivity index (χ3v) is 4.07. The van der Waals surface area contributed by atoms with E-state index < -0.39 is 0 Å². The number of carbonyl (C=O) groups is 1. The molecule has 1 amide bonds. The molecule has 0 spiro atoms. The average molecular weight is 278 g/mol. The van der Waals surface area contributed by atoms with Gasteiger partial charge in [-0.25, -0.2) is 0 Å². The van der Waals surface area contributed by atoms with Crippen LogP contribution in [-0.4, -0.2) is 37.8 Å². The predicted octanol–water partition coefficient (Wildman–Crippen LogP) is 2.04. The number of hydrogen-bond donors (Lipinski definition) is 2. The van der Waals surface area contributed by atoms with Gasteiger partial charge in [-0.05, 0) is 25.0 Å². The Kier molecular flexibility index (Phi) is 6.52. The molecule has 4 heteroatoms. The second kappa shape index (κ2) is 7.90. The van der Waals surface area contributed by atoms with Gasteiger partial charge in [-0.2, -0.15) is 0 Å². The van der Waals surface area contributed by atoms with Crippen molar-refractivity contribution >= 4 is 11.6 Å². The molecule has 4 nitrogen and oxygen atoms in total. The summed E-state index contributed by atoms with van der Waals surface area (Å²) in [6, 6.07) is 9.81. The highest BCUT2D eigenvalue weighted by molar-refractivity contribution is 5.81. The quantitative estimate of drug-likeness (QED) is 0.765. The molecule has 0 aliphatic heterocycles. The van der Waals surface area contributed by atoms with Crippen molar-refractivity contribution in [3.63, 3.8) is 0 Å². The van der Waals surface area contributed by atoms with Crippen LogP contribution >= 0.6 is 0 Å². The van der Waals surface area contributed by atoms with Crippen molar-refractivity contribution in [2.75, 3.05) is 31.6 Å². The topological polar surface area (TPSA) is 52.6 Å². The first-order chi connectivity index (χ1) is 9.56. The fourth-order valence-electron chi connectivity index (χ4n) is 2.11. The van der Waals surface area contributed by atoms with Crippen LogP contribution < -0.4 is 10.2 Å². The minimum atomic E-state index is -0.193. The normalized spacial score (nSPS) is 11.2. The average Bonchev–Trinajstić information content (AvgIpc) is 2.50. The molecule has 1 rings (SSSR count). The van der Waals surface area contributed by atoms with E-state index in [1.807, 2.05) is 56.1 Å². The highest BCUT2D eigenvalue weighted by atomic mass is 16.3. The molecule has 0 aromatic heterocycles. The van der Waals surface area contributed by atoms with Gasteiger partial charge in [0.05, 0.1) is 13.2 Å². The SMILES string of the molecule is CCC(CC)(CO)CNC(=O)CN(C)c1ccccc1. The van der Waals surface area contributed by atoms with Crippen molar-refractivity contribution in [1.29, 1.82) is 0 Å². The molecule has 0 aliphatic carbocycles. The van der Waals surface area contributed by atoms with Crippen LogP contribution in [0.1, 0.15) is 26.7 Å². The molecule has 1 aromatic rings. The van der Waals surface area contributed by atoms with E-state index >= 15 is 0 Å². The van der Waals surface area contributed by atoms with Crippen LogP contribution in [0.5, 0.6) is 0 Å². The van der Waals surface area contributed by atoms with E-state index in [0.717, 1.165) is 18.5 Å². The van der Waals surface area contributed by atoms with E-state index in [4.69, 9.17) is 0 Å². The third kappa shape index (κ3) is 4.53. The highest BCUT2D eigenvalue weighted by Gasteiger charge is 2.25. The highest BCUT2D eigenvalue weighted by Crippen LogP contribution is 2.24. The number of nitrogens with zero attached hydrogens (tertiary/aromatic N) is 1. The molecular weight excluding hydrogens is 252 g/mol. The Labute approximate surface area is 121 Å². The molecule has 2 N–H and O–H groups in total. The van der Waals surface area contributed by atoms with Crippen LogP contribution in [0.3, 0.4) is 0 Å². The lowest BCUT2D eigenvalue weighted by Crippen LogP contribution is -2.43. The number of benzene rings is 1. The number of nitrogens with one attached hydrogen (secondary N) is 1. The summed E-state index contributed by atoms with van der Waals surface area (Å²) in [5.74, 6) is -0.0175. The van der Waals surface area contributed by atoms with Crippen molar-refractivity contribution in [3.8, 4) is 0 Å². The number of anilines is 1. The van der Waals surface area contributed by atoms with E-state index in [1.165, 1.54) is 0 Å². The van der Waals surface area contributed by atoms with Crippen LogP contribution in [0.4, 0.5) is 5.69 Å². The zero-order chi connectivity index (χ0) is 15.0. The Morgan fingerprint density at radius 3 is 2.35 bits per heavy atom. The number of para-hydroxylation sites is 1. The molecule has 0 atom stereocenters. The Morgan fingerprint density at radius 2 is 1.85 bits per heavy atom. The molecule has 112 valence electrons. The van der Waals surface area contributed by atoms with Gasteiger partial charge in [0.1, 0.15) is 0 Å². The molecule has 0 saturated heterocycles. The summed E-state index contributed by atoms with van der Waals surface area (Å²) in [4.78, 5) is 13.9. The summed E-state index contributed by atoms with van der Waals surface area (Å²) in [5.41, 5.74) is 0.822. The lowest BCUT2D eigenvalue weighted by molar-refractivity contribution is -0.120. The van der Waals surface area contributed by atoms with Gasteiger partial charge in [0.25, 0.3) is 0 Å². The van der Waals surface area contributed by atoms with Gasteiger partial charge < -0.3 is 15.3 Å². The van der Waals surface area contributed by atoms with Crippen LogP contribution in [0.15, 0.2) is 30.3 Å². The zero-order valence-corrected chi connectivity index (χ0v) is 12.7. The molecule has 0 fully saturated rings. The lowest BCUT2D eigenvalue weighted by atomic mass is 9.83. The largest absolute Gasteiger partial charge is 0.396 e. The molecular formula is C16H26N2O2. The van der Waals surface area contributed by atoms with E-state index in [0.29, 0.717) is 13.1 Å². The molecule has 0 heterocycles. The predicted molar refractivity (Wildman–Crippen MR) is 82.8 cm³/mol. The molecule has 0 radical (unpaired) electrons. The van der Waals surface area contributed by atoms with Crippen molar-refractivity contribution < 1.29 is 9.90 Å². The van der Waals surface area contributed by atoms with Gasteiger partial charge in [0.15, 0.2) is 0 Å². The Hall–Kier alpha value is -1.55. The van der Waals surface area contributed by atoms with Crippen molar-refractivity contribution in [3.05, 3.63) is 30.3 Å². The summed E-state index contributed by atoms with van der Waals surface area (Å²) in [6.07, 6.45) is 1.71. The Bertz CT molecular complexity index is 394. The number of hydrogen-bond acceptors (Lipinski definition) is 3. The summed E-state index contributed by atoms with van der Waals surface area (Å²) in [6.45, 7) is 5.04. The second-order valence-electron chi connectivity index (χ2n) is 5.33. The maximum Gasteiger partial charge on any atom is 0.239 e. The number of carbonyl (C=O) groups excluding carboxylic acids is 1. The van der Waals surface area contributed by atoms with Crippen LogP contribution in [0.2, 0.25) is 0 Å². The standard InChI is InChI=1S/C16H26N2O2/c1-4-16(5-2,13-19)12-17-15(20)11-18(3)14-9-7-6-8-10-14/h6-10,19H,4-5,11-13H2,1-3H3,(H,17,20). The van der Waals surface area contributed by atoms with E-state index in [2.05, 4.69) is 5.32 Å². The maximum atomic E-state index is 12.0. The Balaban J connectivity index is 2.48. The third-order valence-electron chi connectivity index (χ3n) is 4.07. The van der Waals surface area contributed by atoms with Gasteiger partial charge in [-0.1, -0.05) is 32.0 Å². The van der Waals surface area contributed by atoms with E-state index in [1.54, 1.807) is 0 Å². The van der Waals surface area contributed by atoms with Crippen molar-refractivity contribution in [2.24, 2.45) is 5.41 Å². The van der Waals surface area contributed by atoms with Crippen molar-refractivity contribution in [1.82, 2.24) is 5.32 Å². The van der Waals surface area contributed by atoms with Gasteiger partial charge >= 0.3 is 0 Å². The zero-order valence-electron chi connectivity index (χ0n) is 12.7. The number of aliphatic hydroxyl groups is 1. The summed E-state index contributed by atoms with van der Waals surface area (Å²) >= 11 is 0. The molecule has 1 aromatic carbocycles. The number of rotatable bonds is 8. The first-order valence-electron chi connectivity index (χ1n) is 7.20. The number of amides is 1. The number of likely N-dealkylation sites (N-methyl/N-ethyl adjacent to an activating group) is 1. The molecule has 0 unspecified atom stereocenters. The van der Waals surface area contributed by atoms with Crippen LogP contribution in [0.25, 0.3) is 0 Å². The summed E-state index contributed by atoms with van der Waals surface area (Å²) in [7, 11) is 1.90. The molecule has 0 aliphatic rings. The molecule has 0 bridgehead atoms. The summed E-state index contributed by atoms with van der Waals surface area (Å²) < 4.78 is 0. The summed E-state index contributed by atoms with van der Waals surface area (Å²) in [5, 5.41) is 12.4. The lowest BCUT2D eigenvalue weighted by Gasteiger charge is -2.30. The smallest absolute Gasteiger partial charge is 0.239 e. The molecule has 0 saturated carbocycles. The first-order valence-corrected chi connectivity index (χ1v) is 7.20. The van der Waals surface area contributed by atoms with Crippen LogP contribution in [-0.2, 0) is 4.79 Å². The monoisotopic (exact) mass is 278 g/mol. The fraction of sp³-hybridized carbons (Fsp3) is 0.562. The fourth-order valence-corrected chi connectivity index (χ4v) is 2.11. The van der Waals surface area contributed by atoms with Gasteiger partial charge in [0, 0.05) is 24.7 Å². The first kappa shape index (κ1) is 16.5. The maximum absolute atomic E-state index is 12.0. The van der Waals surface area contributed by atoms with E-state index in [9.17, 15) is 9.90 Å².